The lowest BCUT2D eigenvalue weighted by Crippen LogP contribution is -2.61. The summed E-state index contributed by atoms with van der Waals surface area (Å²) in [6.45, 7) is 3.35. The molecule has 12 nitrogen and oxygen atoms in total. The van der Waals surface area contributed by atoms with Gasteiger partial charge in [0.05, 0.1) is 25.4 Å². The first kappa shape index (κ1) is 51.6. The number of aliphatic hydroxyl groups excluding tert-OH is 4. The number of carbonyl (C=O) groups excluding carboxylic acids is 1. The zero-order chi connectivity index (χ0) is 40.6. The van der Waals surface area contributed by atoms with E-state index in [0.717, 1.165) is 44.9 Å². The fraction of sp³-hybridized carbons (Fsp3) is 0.881. The Morgan fingerprint density at radius 1 is 0.709 bits per heavy atom. The maximum atomic E-state index is 13.0. The highest BCUT2D eigenvalue weighted by molar-refractivity contribution is 7.80. The average Bonchev–Trinajstić information content (AvgIpc) is 3.15. The zero-order valence-electron chi connectivity index (χ0n) is 34.2. The quantitative estimate of drug-likeness (QED) is 0.0206. The van der Waals surface area contributed by atoms with Crippen molar-refractivity contribution >= 4 is 16.3 Å². The summed E-state index contributed by atoms with van der Waals surface area (Å²) in [6, 6.07) is -0.948. The maximum absolute atomic E-state index is 13.0. The van der Waals surface area contributed by atoms with Crippen LogP contribution >= 0.6 is 0 Å². The molecule has 0 radical (unpaired) electrons. The van der Waals surface area contributed by atoms with Crippen LogP contribution in [0, 0.1) is 0 Å². The number of ether oxygens (including phenoxy) is 2. The summed E-state index contributed by atoms with van der Waals surface area (Å²) < 4.78 is 47.5. The minimum Gasteiger partial charge on any atom is -0.394 e. The van der Waals surface area contributed by atoms with Crippen LogP contribution in [0.15, 0.2) is 24.3 Å². The van der Waals surface area contributed by atoms with Crippen molar-refractivity contribution in [2.45, 2.75) is 224 Å². The van der Waals surface area contributed by atoms with E-state index in [9.17, 15) is 33.6 Å². The minimum absolute atomic E-state index is 0.249. The molecule has 7 unspecified atom stereocenters. The van der Waals surface area contributed by atoms with Gasteiger partial charge in [-0.3, -0.25) is 9.35 Å². The highest BCUT2D eigenvalue weighted by Gasteiger charge is 2.48. The standard InChI is InChI=1S/C42H79NO11S/c1-3-5-7-9-11-13-15-17-18-20-21-23-25-27-29-31-36(45)35(34-52-42-40(48)41(54-55(49,50)51)39(47)37(33-44)53-42)43-38(46)32-30-28-26-24-22-19-16-14-12-10-8-6-4-2/h19,22,29,31,35-37,39-42,44-45,47-48H,3-18,20-21,23-28,30,32-34H2,1-2H3,(H,43,46)(H,49,50,51)/b22-19-,31-29+. The number of rotatable bonds is 36. The van der Waals surface area contributed by atoms with Crippen molar-refractivity contribution in [1.29, 1.82) is 0 Å². The second kappa shape index (κ2) is 33.5. The van der Waals surface area contributed by atoms with Crippen LogP contribution in [0.25, 0.3) is 0 Å². The molecule has 1 rings (SSSR count). The molecule has 0 aromatic rings. The fourth-order valence-electron chi connectivity index (χ4n) is 6.80. The third-order valence-electron chi connectivity index (χ3n) is 10.2. The first-order valence-electron chi connectivity index (χ1n) is 21.7. The Bertz CT molecular complexity index is 1090. The van der Waals surface area contributed by atoms with E-state index in [2.05, 4.69) is 35.5 Å². The molecule has 1 saturated heterocycles. The highest BCUT2D eigenvalue weighted by atomic mass is 32.3. The summed E-state index contributed by atoms with van der Waals surface area (Å²) in [4.78, 5) is 13.0. The van der Waals surface area contributed by atoms with Crippen molar-refractivity contribution in [3.8, 4) is 0 Å². The molecule has 7 atom stereocenters. The molecule has 0 bridgehead atoms. The molecule has 0 aromatic heterocycles. The van der Waals surface area contributed by atoms with Crippen LogP contribution in [-0.4, -0.2) is 95.4 Å². The van der Waals surface area contributed by atoms with E-state index >= 15 is 0 Å². The first-order valence-corrected chi connectivity index (χ1v) is 23.1. The van der Waals surface area contributed by atoms with Crippen LogP contribution < -0.4 is 5.32 Å². The molecular formula is C42H79NO11S. The molecule has 6 N–H and O–H groups in total. The van der Waals surface area contributed by atoms with Gasteiger partial charge in [0.1, 0.15) is 24.4 Å². The molecule has 0 spiro atoms. The van der Waals surface area contributed by atoms with Crippen molar-refractivity contribution in [1.82, 2.24) is 5.32 Å². The van der Waals surface area contributed by atoms with E-state index in [1.165, 1.54) is 109 Å². The Balaban J connectivity index is 2.59. The molecule has 1 aliphatic heterocycles. The van der Waals surface area contributed by atoms with Gasteiger partial charge in [-0.25, -0.2) is 4.18 Å². The van der Waals surface area contributed by atoms with Crippen molar-refractivity contribution in [3.63, 3.8) is 0 Å². The SMILES string of the molecule is CCCCCCCC/C=C\CCCCCC(=O)NC(COC1OC(CO)C(O)C(OS(=O)(=O)O)C1O)C(O)/C=C/CCCCCCCCCCCCCCC. The Hall–Kier alpha value is -1.42. The maximum Gasteiger partial charge on any atom is 0.397 e. The molecule has 0 aromatic carbocycles. The van der Waals surface area contributed by atoms with Crippen LogP contribution in [0.5, 0.6) is 0 Å². The molecule has 0 saturated carbocycles. The van der Waals surface area contributed by atoms with Crippen LogP contribution in [0.3, 0.4) is 0 Å². The second-order valence-electron chi connectivity index (χ2n) is 15.3. The summed E-state index contributed by atoms with van der Waals surface area (Å²) in [5.41, 5.74) is 0. The van der Waals surface area contributed by atoms with E-state index < -0.39 is 59.9 Å². The topological polar surface area (TPSA) is 192 Å². The molecule has 55 heavy (non-hydrogen) atoms. The summed E-state index contributed by atoms with van der Waals surface area (Å²) in [5.74, 6) is -0.280. The summed E-state index contributed by atoms with van der Waals surface area (Å²) in [7, 11) is -5.08. The Morgan fingerprint density at radius 2 is 1.16 bits per heavy atom. The fourth-order valence-corrected chi connectivity index (χ4v) is 7.31. The second-order valence-corrected chi connectivity index (χ2v) is 16.3. The summed E-state index contributed by atoms with van der Waals surface area (Å²) in [6.07, 6.45) is 27.9. The lowest BCUT2D eigenvalue weighted by Gasteiger charge is -2.41. The number of amides is 1. The molecular weight excluding hydrogens is 727 g/mol. The van der Waals surface area contributed by atoms with Crippen molar-refractivity contribution in [2.24, 2.45) is 0 Å². The van der Waals surface area contributed by atoms with Gasteiger partial charge in [0.2, 0.25) is 5.91 Å². The van der Waals surface area contributed by atoms with Gasteiger partial charge in [-0.1, -0.05) is 154 Å². The van der Waals surface area contributed by atoms with Crippen LogP contribution in [-0.2, 0) is 28.9 Å². The Labute approximate surface area is 333 Å². The van der Waals surface area contributed by atoms with Gasteiger partial charge >= 0.3 is 10.4 Å². The number of unbranched alkanes of at least 4 members (excludes halogenated alkanes) is 22. The van der Waals surface area contributed by atoms with E-state index in [1.54, 1.807) is 6.08 Å². The van der Waals surface area contributed by atoms with Gasteiger partial charge in [-0.2, -0.15) is 8.42 Å². The van der Waals surface area contributed by atoms with Crippen molar-refractivity contribution < 1.29 is 51.8 Å². The smallest absolute Gasteiger partial charge is 0.394 e. The molecule has 0 aliphatic carbocycles. The summed E-state index contributed by atoms with van der Waals surface area (Å²) >= 11 is 0. The Morgan fingerprint density at radius 3 is 1.64 bits per heavy atom. The lowest BCUT2D eigenvalue weighted by atomic mass is 9.99. The van der Waals surface area contributed by atoms with E-state index in [4.69, 9.17) is 14.0 Å². The average molecular weight is 806 g/mol. The number of aliphatic hydroxyl groups is 4. The van der Waals surface area contributed by atoms with E-state index in [0.29, 0.717) is 6.42 Å². The Kier molecular flexibility index (Phi) is 31.5. The highest BCUT2D eigenvalue weighted by Crippen LogP contribution is 2.26. The third kappa shape index (κ3) is 27.0. The largest absolute Gasteiger partial charge is 0.397 e. The molecule has 1 amide bonds. The van der Waals surface area contributed by atoms with Crippen LogP contribution in [0.2, 0.25) is 0 Å². The first-order chi connectivity index (χ1) is 26.5. The molecule has 1 aliphatic rings. The van der Waals surface area contributed by atoms with Crippen LogP contribution in [0.1, 0.15) is 181 Å². The van der Waals surface area contributed by atoms with Gasteiger partial charge in [0.25, 0.3) is 0 Å². The van der Waals surface area contributed by atoms with Gasteiger partial charge in [-0.15, -0.1) is 0 Å². The molecule has 1 heterocycles. The van der Waals surface area contributed by atoms with E-state index in [1.807, 2.05) is 6.08 Å². The number of hydrogen-bond donors (Lipinski definition) is 6. The molecule has 1 fully saturated rings. The van der Waals surface area contributed by atoms with Crippen LogP contribution in [0.4, 0.5) is 0 Å². The van der Waals surface area contributed by atoms with E-state index in [-0.39, 0.29) is 18.9 Å². The lowest BCUT2D eigenvalue weighted by molar-refractivity contribution is -0.298. The number of carbonyl (C=O) groups is 1. The monoisotopic (exact) mass is 806 g/mol. The van der Waals surface area contributed by atoms with Crippen molar-refractivity contribution in [3.05, 3.63) is 24.3 Å². The van der Waals surface area contributed by atoms with Gasteiger partial charge in [0.15, 0.2) is 6.29 Å². The summed E-state index contributed by atoms with van der Waals surface area (Å²) in [5, 5.41) is 44.6. The number of hydrogen-bond acceptors (Lipinski definition) is 10. The van der Waals surface area contributed by atoms with Crippen molar-refractivity contribution in [2.75, 3.05) is 13.2 Å². The molecule has 13 heteroatoms. The minimum atomic E-state index is -5.08. The molecule has 324 valence electrons. The van der Waals surface area contributed by atoms with Gasteiger partial charge in [0, 0.05) is 6.42 Å². The predicted octanol–water partition coefficient (Wildman–Crippen LogP) is 7.77. The normalized spacial score (nSPS) is 21.8. The van der Waals surface area contributed by atoms with Gasteiger partial charge in [-0.05, 0) is 44.9 Å². The third-order valence-corrected chi connectivity index (χ3v) is 10.7. The zero-order valence-corrected chi connectivity index (χ0v) is 35.1. The number of allylic oxidation sites excluding steroid dienone is 3. The number of nitrogens with one attached hydrogen (secondary N) is 1. The predicted molar refractivity (Wildman–Crippen MR) is 218 cm³/mol. The van der Waals surface area contributed by atoms with Gasteiger partial charge < -0.3 is 35.2 Å².